The molecule has 23 heavy (non-hydrogen) atoms. The first-order valence-electron chi connectivity index (χ1n) is 7.28. The maximum atomic E-state index is 8.59. The number of hydrogen-bond acceptors (Lipinski definition) is 2. The van der Waals surface area contributed by atoms with Gasteiger partial charge < -0.3 is 4.90 Å². The third-order valence-corrected chi connectivity index (χ3v) is 3.55. The molecule has 2 nitrogen and oxygen atoms in total. The summed E-state index contributed by atoms with van der Waals surface area (Å²) < 4.78 is 0. The molecule has 0 spiro atoms. The van der Waals surface area contributed by atoms with Gasteiger partial charge in [-0.05, 0) is 63.4 Å². The van der Waals surface area contributed by atoms with E-state index in [1.165, 1.54) is 31.5 Å². The predicted octanol–water partition coefficient (Wildman–Crippen LogP) is 6.08. The van der Waals surface area contributed by atoms with Crippen LogP contribution in [0.1, 0.15) is 79.9 Å². The first-order chi connectivity index (χ1) is 9.04. The van der Waals surface area contributed by atoms with Crippen molar-refractivity contribution in [2.24, 2.45) is 0 Å². The zero-order chi connectivity index (χ0) is 14.3. The van der Waals surface area contributed by atoms with Crippen molar-refractivity contribution in [3.63, 3.8) is 0 Å². The van der Waals surface area contributed by atoms with E-state index < -0.39 is 0 Å². The number of likely N-dealkylation sites (tertiary alicyclic amines) is 1. The number of rotatable bonds is 2. The molecule has 1 saturated heterocycles. The number of nitrogens with zero attached hydrogens (tertiary/aromatic N) is 2. The van der Waals surface area contributed by atoms with Crippen molar-refractivity contribution in [2.45, 2.75) is 74.8 Å². The van der Waals surface area contributed by atoms with E-state index in [-0.39, 0.29) is 55.0 Å². The molecule has 0 saturated carbocycles. The molecule has 1 heterocycles. The van der Waals surface area contributed by atoms with Gasteiger partial charge in [0, 0.05) is 38.8 Å². The first kappa shape index (κ1) is 30.6. The molecule has 0 aromatic heterocycles. The van der Waals surface area contributed by atoms with E-state index in [9.17, 15) is 0 Å². The largest absolute Gasteiger partial charge is 0.301 e. The van der Waals surface area contributed by atoms with Gasteiger partial charge in [0.05, 0.1) is 11.6 Å². The van der Waals surface area contributed by atoms with Crippen molar-refractivity contribution in [3.05, 3.63) is 35.4 Å². The minimum absolute atomic E-state index is 0. The van der Waals surface area contributed by atoms with Crippen molar-refractivity contribution in [1.29, 1.82) is 5.26 Å². The minimum Gasteiger partial charge on any atom is -0.301 e. The van der Waals surface area contributed by atoms with Crippen LogP contribution in [-0.2, 0) is 32.7 Å². The Bertz CT molecular complexity index is 416. The molecular formula is C20H38N2Y. The average Bonchev–Trinajstić information content (AvgIpc) is 2.93. The van der Waals surface area contributed by atoms with Gasteiger partial charge >= 0.3 is 0 Å². The van der Waals surface area contributed by atoms with Crippen LogP contribution in [0.25, 0.3) is 0 Å². The average molecular weight is 395 g/mol. The van der Waals surface area contributed by atoms with Crippen LogP contribution in [-0.4, -0.2) is 24.0 Å². The summed E-state index contributed by atoms with van der Waals surface area (Å²) in [6.07, 6.45) is 2.83. The summed E-state index contributed by atoms with van der Waals surface area (Å²) in [5.41, 5.74) is 1.97. The quantitative estimate of drug-likeness (QED) is 0.607. The number of hydrogen-bond donors (Lipinski definition) is 0. The Morgan fingerprint density at radius 1 is 1.00 bits per heavy atom. The normalized spacial score (nSPS) is 12.6. The van der Waals surface area contributed by atoms with Crippen LogP contribution in [0, 0.1) is 11.3 Å². The van der Waals surface area contributed by atoms with Crippen LogP contribution in [0.4, 0.5) is 0 Å². The van der Waals surface area contributed by atoms with Crippen LogP contribution in [0.2, 0.25) is 0 Å². The summed E-state index contributed by atoms with van der Waals surface area (Å²) in [4.78, 5) is 2.53. The van der Waals surface area contributed by atoms with Gasteiger partial charge in [-0.25, -0.2) is 0 Å². The molecule has 3 heteroatoms. The van der Waals surface area contributed by atoms with E-state index in [2.05, 4.69) is 38.7 Å². The van der Waals surface area contributed by atoms with Crippen molar-refractivity contribution < 1.29 is 32.7 Å². The van der Waals surface area contributed by atoms with E-state index in [1.807, 2.05) is 24.3 Å². The van der Waals surface area contributed by atoms with Gasteiger partial charge in [0.25, 0.3) is 0 Å². The standard InChI is InChI=1S/C10H11N.C7H15N.3CH4.Y/c1-8(2)10-5-3-4-9(6-10)7-11;1-7(2)8-5-3-4-6-8;;;;/h3-6,8H,1-2H3;7H,3-6H2,1-2H3;3*1H4;. The van der Waals surface area contributed by atoms with Crippen LogP contribution >= 0.6 is 0 Å². The van der Waals surface area contributed by atoms with Crippen LogP contribution in [0.3, 0.4) is 0 Å². The predicted molar refractivity (Wildman–Crippen MR) is 101 cm³/mol. The van der Waals surface area contributed by atoms with Gasteiger partial charge in [0.2, 0.25) is 0 Å². The molecule has 131 valence electrons. The van der Waals surface area contributed by atoms with Gasteiger partial charge in [-0.2, -0.15) is 5.26 Å². The SMILES string of the molecule is C.C.C.CC(C)N1CCCC1.CC(C)c1cccc(C#N)c1.[Y]. The summed E-state index contributed by atoms with van der Waals surface area (Å²) >= 11 is 0. The second kappa shape index (κ2) is 16.6. The molecule has 1 aliphatic heterocycles. The Morgan fingerprint density at radius 3 is 1.87 bits per heavy atom. The third-order valence-electron chi connectivity index (χ3n) is 3.55. The zero-order valence-corrected chi connectivity index (χ0v) is 16.1. The smallest absolute Gasteiger partial charge is 0.0991 e. The molecule has 0 bridgehead atoms. The van der Waals surface area contributed by atoms with Gasteiger partial charge in [-0.15, -0.1) is 0 Å². The van der Waals surface area contributed by atoms with Crippen molar-refractivity contribution in [1.82, 2.24) is 4.90 Å². The second-order valence-corrected chi connectivity index (χ2v) is 5.73. The van der Waals surface area contributed by atoms with Crippen LogP contribution in [0.15, 0.2) is 24.3 Å². The van der Waals surface area contributed by atoms with E-state index >= 15 is 0 Å². The van der Waals surface area contributed by atoms with Crippen LogP contribution < -0.4 is 0 Å². The number of nitriles is 1. The molecule has 1 aromatic rings. The summed E-state index contributed by atoms with van der Waals surface area (Å²) in [6.45, 7) is 11.4. The summed E-state index contributed by atoms with van der Waals surface area (Å²) in [7, 11) is 0. The van der Waals surface area contributed by atoms with Gasteiger partial charge in [0.1, 0.15) is 0 Å². The summed E-state index contributed by atoms with van der Waals surface area (Å²) in [5.74, 6) is 0.503. The zero-order valence-electron chi connectivity index (χ0n) is 13.3. The monoisotopic (exact) mass is 395 g/mol. The third kappa shape index (κ3) is 11.9. The fraction of sp³-hybridized carbons (Fsp3) is 0.650. The molecule has 0 aliphatic carbocycles. The molecule has 1 aromatic carbocycles. The Labute approximate surface area is 171 Å². The molecule has 1 radical (unpaired) electrons. The van der Waals surface area contributed by atoms with Crippen LogP contribution in [0.5, 0.6) is 0 Å². The fourth-order valence-electron chi connectivity index (χ4n) is 2.23. The molecule has 0 unspecified atom stereocenters. The molecule has 1 fully saturated rings. The van der Waals surface area contributed by atoms with Crippen molar-refractivity contribution in [3.8, 4) is 6.07 Å². The van der Waals surface area contributed by atoms with E-state index in [1.54, 1.807) is 0 Å². The minimum atomic E-state index is 0. The van der Waals surface area contributed by atoms with Gasteiger partial charge in [-0.1, -0.05) is 48.3 Å². The number of benzene rings is 1. The summed E-state index contributed by atoms with van der Waals surface area (Å²) in [5, 5.41) is 8.59. The molecular weight excluding hydrogens is 357 g/mol. The molecule has 0 amide bonds. The maximum absolute atomic E-state index is 8.59. The summed E-state index contributed by atoms with van der Waals surface area (Å²) in [6, 6.07) is 10.6. The van der Waals surface area contributed by atoms with E-state index in [4.69, 9.17) is 5.26 Å². The van der Waals surface area contributed by atoms with Gasteiger partial charge in [0.15, 0.2) is 0 Å². The second-order valence-electron chi connectivity index (χ2n) is 5.73. The fourth-order valence-corrected chi connectivity index (χ4v) is 2.23. The molecule has 0 N–H and O–H groups in total. The van der Waals surface area contributed by atoms with Crippen molar-refractivity contribution >= 4 is 0 Å². The molecule has 2 rings (SSSR count). The Morgan fingerprint density at radius 2 is 1.52 bits per heavy atom. The Kier molecular flexibility index (Phi) is 22.1. The van der Waals surface area contributed by atoms with E-state index in [0.717, 1.165) is 11.6 Å². The topological polar surface area (TPSA) is 27.0 Å². The van der Waals surface area contributed by atoms with E-state index in [0.29, 0.717) is 5.92 Å². The maximum Gasteiger partial charge on any atom is 0.0991 e. The Hall–Kier alpha value is -0.226. The van der Waals surface area contributed by atoms with Gasteiger partial charge in [-0.3, -0.25) is 0 Å². The molecule has 0 atom stereocenters. The van der Waals surface area contributed by atoms with Crippen molar-refractivity contribution in [2.75, 3.05) is 13.1 Å². The molecule has 1 aliphatic rings. The first-order valence-corrected chi connectivity index (χ1v) is 7.28. The Balaban J connectivity index is -0.000000138.